The van der Waals surface area contributed by atoms with Gasteiger partial charge in [-0.3, -0.25) is 9.59 Å². The average molecular weight is 543 g/mol. The summed E-state index contributed by atoms with van der Waals surface area (Å²) in [6.45, 7) is 5.76. The number of aryl methyl sites for hydroxylation is 1. The number of anilines is 1. The van der Waals surface area contributed by atoms with Crippen LogP contribution in [0.4, 0.5) is 5.13 Å². The van der Waals surface area contributed by atoms with E-state index in [0.29, 0.717) is 50.0 Å². The first-order valence-corrected chi connectivity index (χ1v) is 12.9. The van der Waals surface area contributed by atoms with E-state index in [9.17, 15) is 19.5 Å². The molecule has 2 aromatic rings. The summed E-state index contributed by atoms with van der Waals surface area (Å²) in [6, 6.07) is -0.301. The van der Waals surface area contributed by atoms with Crippen LogP contribution in [0, 0.1) is 0 Å². The normalized spacial score (nSPS) is 17.7. The highest BCUT2D eigenvalue weighted by Crippen LogP contribution is 2.30. The van der Waals surface area contributed by atoms with Crippen LogP contribution in [0.3, 0.4) is 0 Å². The van der Waals surface area contributed by atoms with Crippen LogP contribution in [-0.4, -0.2) is 89.9 Å². The van der Waals surface area contributed by atoms with E-state index in [4.69, 9.17) is 21.1 Å². The zero-order valence-electron chi connectivity index (χ0n) is 20.4. The molecule has 1 fully saturated rings. The van der Waals surface area contributed by atoms with Gasteiger partial charge in [-0.2, -0.15) is 0 Å². The highest BCUT2D eigenvalue weighted by atomic mass is 35.5. The zero-order chi connectivity index (χ0) is 26.2. The molecule has 0 unspecified atom stereocenters. The van der Waals surface area contributed by atoms with Crippen LogP contribution >= 0.6 is 22.9 Å². The molecule has 0 aromatic carbocycles. The van der Waals surface area contributed by atoms with Gasteiger partial charge in [0, 0.05) is 33.4 Å². The molecular formula is C22H31ClN6O6S. The first kappa shape index (κ1) is 27.8. The Balaban J connectivity index is 1.74. The molecule has 3 rings (SSSR count). The van der Waals surface area contributed by atoms with Crippen molar-refractivity contribution in [3.05, 3.63) is 27.2 Å². The number of hydrogen-bond donors (Lipinski definition) is 4. The van der Waals surface area contributed by atoms with E-state index < -0.39 is 11.9 Å². The number of aromatic amines is 1. The van der Waals surface area contributed by atoms with Gasteiger partial charge in [-0.05, 0) is 19.3 Å². The Bertz CT molecular complexity index is 1080. The maximum absolute atomic E-state index is 12.8. The van der Waals surface area contributed by atoms with Gasteiger partial charge >= 0.3 is 5.97 Å². The lowest BCUT2D eigenvalue weighted by atomic mass is 10.0. The van der Waals surface area contributed by atoms with Crippen molar-refractivity contribution in [1.82, 2.24) is 25.6 Å². The molecule has 14 heteroatoms. The molecule has 0 radical (unpaired) electrons. The number of carboxylic acids is 1. The number of ether oxygens (including phenoxy) is 2. The number of carbonyl (C=O) groups excluding carboxylic acids is 2. The lowest BCUT2D eigenvalue weighted by Gasteiger charge is -2.38. The highest BCUT2D eigenvalue weighted by Gasteiger charge is 2.34. The molecular weight excluding hydrogens is 512 g/mol. The summed E-state index contributed by atoms with van der Waals surface area (Å²) in [4.78, 5) is 50.2. The van der Waals surface area contributed by atoms with Gasteiger partial charge in [-0.15, -0.1) is 0 Å². The van der Waals surface area contributed by atoms with Crippen molar-refractivity contribution < 1.29 is 29.0 Å². The maximum Gasteiger partial charge on any atom is 0.348 e. The number of piperidine rings is 1. The fourth-order valence-corrected chi connectivity index (χ4v) is 4.96. The number of carboxylic acid groups (broad SMARTS) is 1. The molecule has 0 aliphatic carbocycles. The lowest BCUT2D eigenvalue weighted by Crippen LogP contribution is -2.55. The van der Waals surface area contributed by atoms with E-state index in [1.165, 1.54) is 7.11 Å². The number of rotatable bonds is 12. The van der Waals surface area contributed by atoms with Gasteiger partial charge in [-0.1, -0.05) is 36.8 Å². The number of imidazole rings is 1. The second-order valence-electron chi connectivity index (χ2n) is 8.16. The number of nitrogens with zero attached hydrogens (tertiary/aromatic N) is 3. The Hall–Kier alpha value is -2.74. The molecule has 2 atom stereocenters. The number of H-pyrrole nitrogens is 1. The quantitative estimate of drug-likeness (QED) is 0.294. The SMILES string of the molecule is CCCO[C@H]1CN(c2nc(C(=O)NCCOC)c(C(=O)O)s2)CC[C@H]1NC(=O)c1nc(Cl)c(CC)[nH]1. The predicted octanol–water partition coefficient (Wildman–Crippen LogP) is 1.96. The smallest absolute Gasteiger partial charge is 0.348 e. The van der Waals surface area contributed by atoms with Crippen molar-refractivity contribution in [2.75, 3.05) is 44.9 Å². The Morgan fingerprint density at radius 1 is 1.25 bits per heavy atom. The molecule has 3 heterocycles. The van der Waals surface area contributed by atoms with E-state index in [-0.39, 0.29) is 46.1 Å². The van der Waals surface area contributed by atoms with Gasteiger partial charge in [0.25, 0.3) is 11.8 Å². The summed E-state index contributed by atoms with van der Waals surface area (Å²) in [7, 11) is 1.51. The van der Waals surface area contributed by atoms with Crippen LogP contribution in [0.25, 0.3) is 0 Å². The summed E-state index contributed by atoms with van der Waals surface area (Å²) in [5, 5.41) is 15.9. The summed E-state index contributed by atoms with van der Waals surface area (Å²) < 4.78 is 11.0. The summed E-state index contributed by atoms with van der Waals surface area (Å²) >= 11 is 7.01. The van der Waals surface area contributed by atoms with Crippen molar-refractivity contribution in [2.45, 2.75) is 45.3 Å². The zero-order valence-corrected chi connectivity index (χ0v) is 22.0. The Morgan fingerprint density at radius 2 is 2.03 bits per heavy atom. The van der Waals surface area contributed by atoms with Crippen LogP contribution in [-0.2, 0) is 15.9 Å². The average Bonchev–Trinajstić information content (AvgIpc) is 3.47. The van der Waals surface area contributed by atoms with Crippen molar-refractivity contribution in [3.63, 3.8) is 0 Å². The van der Waals surface area contributed by atoms with E-state index in [1.807, 2.05) is 18.7 Å². The fourth-order valence-electron chi connectivity index (χ4n) is 3.75. The molecule has 36 heavy (non-hydrogen) atoms. The van der Waals surface area contributed by atoms with Gasteiger partial charge in [0.05, 0.1) is 24.4 Å². The molecule has 12 nitrogen and oxygen atoms in total. The van der Waals surface area contributed by atoms with E-state index in [1.54, 1.807) is 0 Å². The molecule has 1 saturated heterocycles. The summed E-state index contributed by atoms with van der Waals surface area (Å²) in [6.07, 6.45) is 1.55. The molecule has 4 N–H and O–H groups in total. The van der Waals surface area contributed by atoms with Crippen molar-refractivity contribution >= 4 is 45.9 Å². The van der Waals surface area contributed by atoms with Gasteiger partial charge in [0.15, 0.2) is 21.8 Å². The third-order valence-corrected chi connectivity index (χ3v) is 7.01. The maximum atomic E-state index is 12.8. The second kappa shape index (κ2) is 13.0. The van der Waals surface area contributed by atoms with E-state index in [2.05, 4.69) is 25.6 Å². The number of hydrogen-bond acceptors (Lipinski definition) is 9. The van der Waals surface area contributed by atoms with Crippen molar-refractivity contribution in [1.29, 1.82) is 0 Å². The van der Waals surface area contributed by atoms with Crippen LogP contribution < -0.4 is 15.5 Å². The van der Waals surface area contributed by atoms with Crippen LogP contribution in [0.2, 0.25) is 5.15 Å². The third kappa shape index (κ3) is 6.72. The first-order chi connectivity index (χ1) is 17.3. The topological polar surface area (TPSA) is 159 Å². The molecule has 0 bridgehead atoms. The summed E-state index contributed by atoms with van der Waals surface area (Å²) in [5.74, 6) is -2.03. The fraction of sp³-hybridized carbons (Fsp3) is 0.591. The van der Waals surface area contributed by atoms with Crippen molar-refractivity contribution in [3.8, 4) is 0 Å². The number of methoxy groups -OCH3 is 1. The van der Waals surface area contributed by atoms with Crippen LogP contribution in [0.15, 0.2) is 0 Å². The Morgan fingerprint density at radius 3 is 2.67 bits per heavy atom. The molecule has 0 saturated carbocycles. The van der Waals surface area contributed by atoms with Gasteiger partial charge in [0.2, 0.25) is 0 Å². The number of halogens is 1. The molecule has 2 amide bonds. The number of carbonyl (C=O) groups is 3. The van der Waals surface area contributed by atoms with Crippen molar-refractivity contribution in [2.24, 2.45) is 0 Å². The first-order valence-electron chi connectivity index (χ1n) is 11.7. The Labute approximate surface area is 217 Å². The number of amides is 2. The molecule has 2 aromatic heterocycles. The van der Waals surface area contributed by atoms with Crippen LogP contribution in [0.1, 0.15) is 63.2 Å². The number of aromatic nitrogens is 3. The van der Waals surface area contributed by atoms with Crippen LogP contribution in [0.5, 0.6) is 0 Å². The second-order valence-corrected chi connectivity index (χ2v) is 9.50. The van der Waals surface area contributed by atoms with E-state index >= 15 is 0 Å². The minimum Gasteiger partial charge on any atom is -0.477 e. The van der Waals surface area contributed by atoms with E-state index in [0.717, 1.165) is 17.8 Å². The number of nitrogens with one attached hydrogen (secondary N) is 3. The minimum absolute atomic E-state index is 0.136. The molecule has 1 aliphatic heterocycles. The lowest BCUT2D eigenvalue weighted by molar-refractivity contribution is 0.0204. The van der Waals surface area contributed by atoms with Gasteiger partial charge in [-0.25, -0.2) is 14.8 Å². The highest BCUT2D eigenvalue weighted by molar-refractivity contribution is 7.17. The standard InChI is InChI=1S/C22H31ClN6O6S/c1-4-9-35-14-11-29(8-6-13(14)26-20(31)18-25-12(5-2)17(23)28-18)22-27-15(16(36-22)21(32)33)19(30)24-7-10-34-3/h13-14H,4-11H2,1-3H3,(H,24,30)(H,25,28)(H,26,31)(H,32,33)/t13-,14+/m1/s1. The minimum atomic E-state index is -1.22. The molecule has 1 aliphatic rings. The number of aromatic carboxylic acids is 1. The Kier molecular flexibility index (Phi) is 10.0. The number of thiazole rings is 1. The molecule has 0 spiro atoms. The van der Waals surface area contributed by atoms with Gasteiger partial charge in [0.1, 0.15) is 4.88 Å². The molecule has 198 valence electrons. The summed E-state index contributed by atoms with van der Waals surface area (Å²) in [5.41, 5.74) is 0.553. The largest absolute Gasteiger partial charge is 0.477 e. The predicted molar refractivity (Wildman–Crippen MR) is 134 cm³/mol. The third-order valence-electron chi connectivity index (χ3n) is 5.60. The van der Waals surface area contributed by atoms with Gasteiger partial charge < -0.3 is 35.1 Å². The monoisotopic (exact) mass is 542 g/mol.